The summed E-state index contributed by atoms with van der Waals surface area (Å²) in [5, 5.41) is 2.86. The molecule has 0 aromatic rings. The Balaban J connectivity index is 2.17. The zero-order valence-corrected chi connectivity index (χ0v) is 11.0. The van der Waals surface area contributed by atoms with Crippen LogP contribution in [0.15, 0.2) is 0 Å². The molecule has 0 aromatic carbocycles. The number of carbonyl (C=O) groups is 1. The quantitative estimate of drug-likeness (QED) is 0.785. The molecule has 3 heteroatoms. The second-order valence-corrected chi connectivity index (χ2v) is 6.01. The van der Waals surface area contributed by atoms with Crippen molar-refractivity contribution in [1.82, 2.24) is 5.32 Å². The largest absolute Gasteiger partial charge is 0.444 e. The number of amides is 1. The predicted molar refractivity (Wildman–Crippen MR) is 65.4 cm³/mol. The molecular formula is C13H25NO2. The van der Waals surface area contributed by atoms with Crippen LogP contribution in [0.1, 0.15) is 53.4 Å². The van der Waals surface area contributed by atoms with Gasteiger partial charge in [-0.1, -0.05) is 19.8 Å². The van der Waals surface area contributed by atoms with E-state index in [0.717, 1.165) is 12.5 Å². The van der Waals surface area contributed by atoms with Gasteiger partial charge in [0.1, 0.15) is 5.60 Å². The summed E-state index contributed by atoms with van der Waals surface area (Å²) in [6.45, 7) is 8.72. The molecule has 0 spiro atoms. The molecule has 0 saturated heterocycles. The third-order valence-corrected chi connectivity index (χ3v) is 3.07. The lowest BCUT2D eigenvalue weighted by Crippen LogP contribution is -2.36. The number of hydrogen-bond donors (Lipinski definition) is 1. The normalized spacial score (nSPS) is 26.2. The second-order valence-electron chi connectivity index (χ2n) is 6.01. The highest BCUT2D eigenvalue weighted by molar-refractivity contribution is 5.67. The van der Waals surface area contributed by atoms with Crippen molar-refractivity contribution in [1.29, 1.82) is 0 Å². The van der Waals surface area contributed by atoms with Crippen molar-refractivity contribution in [3.05, 3.63) is 0 Å². The van der Waals surface area contributed by atoms with Gasteiger partial charge in [0.05, 0.1) is 0 Å². The molecule has 1 aliphatic rings. The summed E-state index contributed by atoms with van der Waals surface area (Å²) in [7, 11) is 0. The van der Waals surface area contributed by atoms with E-state index in [9.17, 15) is 4.79 Å². The first kappa shape index (κ1) is 13.3. The number of ether oxygens (including phenoxy) is 1. The average molecular weight is 227 g/mol. The first-order valence-electron chi connectivity index (χ1n) is 6.33. The fourth-order valence-corrected chi connectivity index (χ4v) is 2.08. The third kappa shape index (κ3) is 5.38. The van der Waals surface area contributed by atoms with E-state index in [4.69, 9.17) is 4.74 Å². The van der Waals surface area contributed by atoms with Crippen molar-refractivity contribution in [3.8, 4) is 0 Å². The van der Waals surface area contributed by atoms with E-state index in [1.165, 1.54) is 25.7 Å². The van der Waals surface area contributed by atoms with E-state index >= 15 is 0 Å². The number of rotatable bonds is 2. The Morgan fingerprint density at radius 2 is 1.81 bits per heavy atom. The van der Waals surface area contributed by atoms with Crippen molar-refractivity contribution in [3.63, 3.8) is 0 Å². The van der Waals surface area contributed by atoms with Crippen molar-refractivity contribution < 1.29 is 9.53 Å². The Hall–Kier alpha value is -0.730. The van der Waals surface area contributed by atoms with E-state index in [1.807, 2.05) is 20.8 Å². The average Bonchev–Trinajstić information content (AvgIpc) is 2.14. The van der Waals surface area contributed by atoms with Gasteiger partial charge in [-0.15, -0.1) is 0 Å². The molecule has 0 heterocycles. The van der Waals surface area contributed by atoms with Gasteiger partial charge in [0.25, 0.3) is 0 Å². The molecule has 16 heavy (non-hydrogen) atoms. The van der Waals surface area contributed by atoms with Crippen LogP contribution in [0.2, 0.25) is 0 Å². The molecule has 1 N–H and O–H groups in total. The fraction of sp³-hybridized carbons (Fsp3) is 0.923. The first-order valence-corrected chi connectivity index (χ1v) is 6.33. The van der Waals surface area contributed by atoms with Gasteiger partial charge in [-0.25, -0.2) is 4.79 Å². The molecule has 0 aliphatic heterocycles. The molecule has 1 aliphatic carbocycles. The van der Waals surface area contributed by atoms with Gasteiger partial charge in [0.2, 0.25) is 0 Å². The maximum absolute atomic E-state index is 11.4. The van der Waals surface area contributed by atoms with Crippen LogP contribution in [-0.2, 0) is 4.74 Å². The Kier molecular flexibility index (Phi) is 4.63. The summed E-state index contributed by atoms with van der Waals surface area (Å²) >= 11 is 0. The molecule has 0 radical (unpaired) electrons. The van der Waals surface area contributed by atoms with E-state index in [2.05, 4.69) is 12.2 Å². The van der Waals surface area contributed by atoms with Crippen molar-refractivity contribution >= 4 is 6.09 Å². The van der Waals surface area contributed by atoms with Gasteiger partial charge in [-0.05, 0) is 45.4 Å². The molecule has 1 saturated carbocycles. The molecule has 1 fully saturated rings. The molecule has 0 atom stereocenters. The van der Waals surface area contributed by atoms with Crippen LogP contribution in [0, 0.1) is 11.8 Å². The molecule has 1 rings (SSSR count). The van der Waals surface area contributed by atoms with Crippen LogP contribution >= 0.6 is 0 Å². The zero-order valence-electron chi connectivity index (χ0n) is 11.0. The first-order chi connectivity index (χ1) is 7.37. The summed E-state index contributed by atoms with van der Waals surface area (Å²) in [5.74, 6) is 1.50. The van der Waals surface area contributed by atoms with Crippen LogP contribution in [0.4, 0.5) is 4.79 Å². The Morgan fingerprint density at radius 1 is 1.25 bits per heavy atom. The summed E-state index contributed by atoms with van der Waals surface area (Å²) in [5.41, 5.74) is -0.398. The lowest BCUT2D eigenvalue weighted by Gasteiger charge is -2.27. The minimum atomic E-state index is -0.398. The van der Waals surface area contributed by atoms with E-state index in [0.29, 0.717) is 5.92 Å². The number of hydrogen-bond acceptors (Lipinski definition) is 2. The van der Waals surface area contributed by atoms with Gasteiger partial charge in [0, 0.05) is 6.54 Å². The Bertz CT molecular complexity index is 225. The van der Waals surface area contributed by atoms with Crippen molar-refractivity contribution in [2.24, 2.45) is 11.8 Å². The smallest absolute Gasteiger partial charge is 0.407 e. The fourth-order valence-electron chi connectivity index (χ4n) is 2.08. The van der Waals surface area contributed by atoms with Crippen LogP contribution in [0.5, 0.6) is 0 Å². The zero-order chi connectivity index (χ0) is 12.2. The SMILES string of the molecule is CC(C)(C)OC(=O)NC[C@H]1CC[C@H](C)CC1. The monoisotopic (exact) mass is 227 g/mol. The summed E-state index contributed by atoms with van der Waals surface area (Å²) < 4.78 is 5.20. The van der Waals surface area contributed by atoms with Gasteiger partial charge < -0.3 is 10.1 Å². The molecule has 0 unspecified atom stereocenters. The summed E-state index contributed by atoms with van der Waals surface area (Å²) in [6.07, 6.45) is 4.76. The van der Waals surface area contributed by atoms with Crippen LogP contribution in [0.3, 0.4) is 0 Å². The van der Waals surface area contributed by atoms with E-state index < -0.39 is 5.60 Å². The lowest BCUT2D eigenvalue weighted by molar-refractivity contribution is 0.0514. The number of carbonyl (C=O) groups excluding carboxylic acids is 1. The molecule has 94 valence electrons. The minimum absolute atomic E-state index is 0.286. The highest BCUT2D eigenvalue weighted by Gasteiger charge is 2.20. The van der Waals surface area contributed by atoms with Gasteiger partial charge in [0.15, 0.2) is 0 Å². The predicted octanol–water partition coefficient (Wildman–Crippen LogP) is 3.34. The number of alkyl carbamates (subject to hydrolysis) is 1. The van der Waals surface area contributed by atoms with Crippen LogP contribution < -0.4 is 5.32 Å². The van der Waals surface area contributed by atoms with Crippen LogP contribution in [0.25, 0.3) is 0 Å². The van der Waals surface area contributed by atoms with E-state index in [1.54, 1.807) is 0 Å². The Morgan fingerprint density at radius 3 is 2.31 bits per heavy atom. The highest BCUT2D eigenvalue weighted by atomic mass is 16.6. The van der Waals surface area contributed by atoms with Gasteiger partial charge >= 0.3 is 6.09 Å². The standard InChI is InChI=1S/C13H25NO2/c1-10-5-7-11(8-6-10)9-14-12(15)16-13(2,3)4/h10-11H,5-9H2,1-4H3,(H,14,15)/t10-,11-. The third-order valence-electron chi connectivity index (χ3n) is 3.07. The molecule has 3 nitrogen and oxygen atoms in total. The van der Waals surface area contributed by atoms with Gasteiger partial charge in [-0.3, -0.25) is 0 Å². The van der Waals surface area contributed by atoms with E-state index in [-0.39, 0.29) is 6.09 Å². The molecule has 0 aromatic heterocycles. The maximum atomic E-state index is 11.4. The number of nitrogens with one attached hydrogen (secondary N) is 1. The minimum Gasteiger partial charge on any atom is -0.444 e. The lowest BCUT2D eigenvalue weighted by atomic mass is 9.83. The molecule has 1 amide bonds. The summed E-state index contributed by atoms with van der Waals surface area (Å²) in [6, 6.07) is 0. The topological polar surface area (TPSA) is 38.3 Å². The second kappa shape index (κ2) is 5.55. The Labute approximate surface area is 98.9 Å². The highest BCUT2D eigenvalue weighted by Crippen LogP contribution is 2.27. The molecular weight excluding hydrogens is 202 g/mol. The van der Waals surface area contributed by atoms with Crippen molar-refractivity contribution in [2.45, 2.75) is 59.0 Å². The van der Waals surface area contributed by atoms with Gasteiger partial charge in [-0.2, -0.15) is 0 Å². The van der Waals surface area contributed by atoms with Crippen molar-refractivity contribution in [2.75, 3.05) is 6.54 Å². The van der Waals surface area contributed by atoms with Crippen LogP contribution in [-0.4, -0.2) is 18.2 Å². The summed E-state index contributed by atoms with van der Waals surface area (Å²) in [4.78, 5) is 11.4. The maximum Gasteiger partial charge on any atom is 0.407 e. The molecule has 0 bridgehead atoms.